The van der Waals surface area contributed by atoms with Crippen molar-refractivity contribution in [2.75, 3.05) is 14.2 Å². The van der Waals surface area contributed by atoms with E-state index in [9.17, 15) is 10.1 Å². The molecule has 0 radical (unpaired) electrons. The largest absolute Gasteiger partial charge is 0.497 e. The van der Waals surface area contributed by atoms with Crippen LogP contribution < -0.4 is 4.74 Å². The van der Waals surface area contributed by atoms with E-state index in [4.69, 9.17) is 9.47 Å². The van der Waals surface area contributed by atoms with Crippen LogP contribution >= 0.6 is 15.9 Å². The van der Waals surface area contributed by atoms with Crippen LogP contribution in [0.5, 0.6) is 5.75 Å². The molecule has 0 aliphatic heterocycles. The number of rotatable bonds is 3. The summed E-state index contributed by atoms with van der Waals surface area (Å²) in [6.45, 7) is 3.97. The first kappa shape index (κ1) is 17.9. The fourth-order valence-corrected chi connectivity index (χ4v) is 4.86. The highest BCUT2D eigenvalue weighted by Crippen LogP contribution is 2.52. The number of fused-ring (bicyclic) bond motifs is 2. The van der Waals surface area contributed by atoms with Gasteiger partial charge in [-0.3, -0.25) is 4.79 Å². The molecule has 1 fully saturated rings. The highest BCUT2D eigenvalue weighted by Gasteiger charge is 2.55. The van der Waals surface area contributed by atoms with E-state index in [1.807, 2.05) is 18.2 Å². The van der Waals surface area contributed by atoms with Crippen molar-refractivity contribution in [3.8, 4) is 11.8 Å². The summed E-state index contributed by atoms with van der Waals surface area (Å²) in [5.41, 5.74) is 0.408. The molecule has 130 valence electrons. The number of ketones is 1. The number of benzene rings is 1. The Morgan fingerprint density at radius 1 is 1.40 bits per heavy atom. The average Bonchev–Trinajstić information content (AvgIpc) is 2.76. The van der Waals surface area contributed by atoms with E-state index >= 15 is 0 Å². The van der Waals surface area contributed by atoms with Crippen molar-refractivity contribution in [2.24, 2.45) is 17.3 Å². The lowest BCUT2D eigenvalue weighted by atomic mass is 9.58. The van der Waals surface area contributed by atoms with Crippen molar-refractivity contribution < 1.29 is 14.3 Å². The SMILES string of the molecule is C=C[C@@]12C(=O)c3c(Br)cc(OC)cc3C=C[C@@H]1[C@H](C#N)CC[C@@H]2OC. The third-order valence-electron chi connectivity index (χ3n) is 5.48. The molecule has 0 amide bonds. The molecule has 0 bridgehead atoms. The minimum atomic E-state index is -0.952. The molecule has 0 unspecified atom stereocenters. The Labute approximate surface area is 156 Å². The van der Waals surface area contributed by atoms with Gasteiger partial charge in [-0.2, -0.15) is 5.26 Å². The molecule has 25 heavy (non-hydrogen) atoms. The number of nitriles is 1. The highest BCUT2D eigenvalue weighted by molar-refractivity contribution is 9.10. The van der Waals surface area contributed by atoms with Gasteiger partial charge >= 0.3 is 0 Å². The average molecular weight is 402 g/mol. The van der Waals surface area contributed by atoms with Crippen LogP contribution in [0.3, 0.4) is 0 Å². The van der Waals surface area contributed by atoms with Crippen molar-refractivity contribution in [1.29, 1.82) is 5.26 Å². The minimum Gasteiger partial charge on any atom is -0.497 e. The van der Waals surface area contributed by atoms with Gasteiger partial charge in [0.1, 0.15) is 5.75 Å². The van der Waals surface area contributed by atoms with E-state index in [2.05, 4.69) is 28.6 Å². The quantitative estimate of drug-likeness (QED) is 0.703. The van der Waals surface area contributed by atoms with Gasteiger partial charge in [-0.25, -0.2) is 0 Å². The van der Waals surface area contributed by atoms with Crippen LogP contribution in [0.1, 0.15) is 28.8 Å². The lowest BCUT2D eigenvalue weighted by Gasteiger charge is -2.46. The van der Waals surface area contributed by atoms with Gasteiger partial charge in [-0.15, -0.1) is 6.58 Å². The number of Topliss-reactive ketones (excluding diaryl/α,β-unsaturated/α-hetero) is 1. The fourth-order valence-electron chi connectivity index (χ4n) is 4.22. The summed E-state index contributed by atoms with van der Waals surface area (Å²) in [6.07, 6.45) is 6.62. The van der Waals surface area contributed by atoms with E-state index in [0.29, 0.717) is 28.6 Å². The molecule has 0 saturated heterocycles. The maximum atomic E-state index is 13.7. The topological polar surface area (TPSA) is 59.3 Å². The molecule has 0 heterocycles. The third-order valence-corrected chi connectivity index (χ3v) is 6.10. The van der Waals surface area contributed by atoms with Crippen LogP contribution in [0.4, 0.5) is 0 Å². The zero-order chi connectivity index (χ0) is 18.2. The van der Waals surface area contributed by atoms with E-state index in [-0.39, 0.29) is 23.7 Å². The Hall–Kier alpha value is -1.90. The molecule has 0 N–H and O–H groups in total. The number of methoxy groups -OCH3 is 2. The van der Waals surface area contributed by atoms with Gasteiger partial charge in [0.05, 0.1) is 30.6 Å². The van der Waals surface area contributed by atoms with Gasteiger partial charge < -0.3 is 9.47 Å². The normalized spacial score (nSPS) is 30.6. The second kappa shape index (κ2) is 6.78. The first-order chi connectivity index (χ1) is 12.0. The molecule has 1 saturated carbocycles. The summed E-state index contributed by atoms with van der Waals surface area (Å²) < 4.78 is 11.7. The highest BCUT2D eigenvalue weighted by atomic mass is 79.9. The van der Waals surface area contributed by atoms with Crippen LogP contribution in [0.2, 0.25) is 0 Å². The summed E-state index contributed by atoms with van der Waals surface area (Å²) in [5, 5.41) is 9.63. The summed E-state index contributed by atoms with van der Waals surface area (Å²) in [7, 11) is 3.21. The Morgan fingerprint density at radius 3 is 2.76 bits per heavy atom. The van der Waals surface area contributed by atoms with Crippen molar-refractivity contribution in [3.05, 3.63) is 46.5 Å². The lowest BCUT2D eigenvalue weighted by Crippen LogP contribution is -2.52. The van der Waals surface area contributed by atoms with Crippen LogP contribution in [-0.4, -0.2) is 26.1 Å². The van der Waals surface area contributed by atoms with Crippen LogP contribution in [0, 0.1) is 28.6 Å². The standard InChI is InChI=1S/C20H20BrNO3/c1-4-20-15(13(11-22)6-8-17(20)25-3)7-5-12-9-14(24-2)10-16(21)18(12)19(20)23/h4-5,7,9-10,13,15,17H,1,6,8H2,2-3H3/t13-,15+,17-,20+/m0/s1. The van der Waals surface area contributed by atoms with Crippen LogP contribution in [-0.2, 0) is 4.74 Å². The van der Waals surface area contributed by atoms with Gasteiger partial charge in [0.25, 0.3) is 0 Å². The third kappa shape index (κ3) is 2.56. The molecule has 0 aromatic heterocycles. The number of hydrogen-bond acceptors (Lipinski definition) is 4. The summed E-state index contributed by atoms with van der Waals surface area (Å²) in [5.74, 6) is 0.0839. The molecule has 2 aliphatic carbocycles. The molecule has 4 atom stereocenters. The lowest BCUT2D eigenvalue weighted by molar-refractivity contribution is -0.0331. The molecule has 2 aliphatic rings. The Kier molecular flexibility index (Phi) is 4.86. The molecule has 0 spiro atoms. The molecular weight excluding hydrogens is 382 g/mol. The van der Waals surface area contributed by atoms with Crippen molar-refractivity contribution in [1.82, 2.24) is 0 Å². The van der Waals surface area contributed by atoms with E-state index in [1.54, 1.807) is 26.4 Å². The van der Waals surface area contributed by atoms with E-state index in [0.717, 1.165) is 5.56 Å². The molecule has 1 aromatic rings. The summed E-state index contributed by atoms with van der Waals surface area (Å²) >= 11 is 3.52. The van der Waals surface area contributed by atoms with E-state index in [1.165, 1.54) is 0 Å². The minimum absolute atomic E-state index is 0.0613. The van der Waals surface area contributed by atoms with Gasteiger partial charge in [0, 0.05) is 23.1 Å². The van der Waals surface area contributed by atoms with E-state index < -0.39 is 5.41 Å². The smallest absolute Gasteiger partial charge is 0.177 e. The predicted molar refractivity (Wildman–Crippen MR) is 99.3 cm³/mol. The number of allylic oxidation sites excluding steroid dienone is 1. The zero-order valence-electron chi connectivity index (χ0n) is 14.3. The molecule has 5 heteroatoms. The number of hydrogen-bond donors (Lipinski definition) is 0. The summed E-state index contributed by atoms with van der Waals surface area (Å²) in [4.78, 5) is 13.7. The van der Waals surface area contributed by atoms with Gasteiger partial charge in [-0.1, -0.05) is 18.2 Å². The van der Waals surface area contributed by atoms with Crippen LogP contribution in [0.25, 0.3) is 6.08 Å². The maximum Gasteiger partial charge on any atom is 0.177 e. The van der Waals surface area contributed by atoms with Gasteiger partial charge in [0.15, 0.2) is 5.78 Å². The summed E-state index contributed by atoms with van der Waals surface area (Å²) in [6, 6.07) is 6.00. The molecule has 3 rings (SSSR count). The Bertz CT molecular complexity index is 795. The molecule has 1 aromatic carbocycles. The predicted octanol–water partition coefficient (Wildman–Crippen LogP) is 4.40. The number of carbonyl (C=O) groups excluding carboxylic acids is 1. The number of halogens is 1. The van der Waals surface area contributed by atoms with Crippen molar-refractivity contribution in [3.63, 3.8) is 0 Å². The van der Waals surface area contributed by atoms with Gasteiger partial charge in [0.2, 0.25) is 0 Å². The second-order valence-corrected chi connectivity index (χ2v) is 7.32. The zero-order valence-corrected chi connectivity index (χ0v) is 15.9. The molecule has 4 nitrogen and oxygen atoms in total. The first-order valence-electron chi connectivity index (χ1n) is 8.20. The number of carbonyl (C=O) groups is 1. The molecular formula is C20H20BrNO3. The fraction of sp³-hybridized carbons (Fsp3) is 0.400. The Balaban J connectivity index is 2.28. The maximum absolute atomic E-state index is 13.7. The van der Waals surface area contributed by atoms with Crippen molar-refractivity contribution in [2.45, 2.75) is 18.9 Å². The monoisotopic (exact) mass is 401 g/mol. The number of nitrogens with zero attached hydrogens (tertiary/aromatic N) is 1. The van der Waals surface area contributed by atoms with Crippen molar-refractivity contribution >= 4 is 27.8 Å². The first-order valence-corrected chi connectivity index (χ1v) is 8.99. The Morgan fingerprint density at radius 2 is 2.16 bits per heavy atom. The van der Waals surface area contributed by atoms with Crippen LogP contribution in [0.15, 0.2) is 35.3 Å². The van der Waals surface area contributed by atoms with Gasteiger partial charge in [-0.05, 0) is 46.5 Å². The second-order valence-electron chi connectivity index (χ2n) is 6.46. The number of ether oxygens (including phenoxy) is 2.